The molecule has 9 heteroatoms. The van der Waals surface area contributed by atoms with Gasteiger partial charge >= 0.3 is 12.0 Å². The number of likely N-dealkylation sites (N-methyl/N-ethyl adjacent to an activating group) is 1. The molecule has 36 heavy (non-hydrogen) atoms. The highest BCUT2D eigenvalue weighted by atomic mass is 35.5. The smallest absolute Gasteiger partial charge is 0.338 e. The van der Waals surface area contributed by atoms with Crippen molar-refractivity contribution in [1.29, 1.82) is 0 Å². The molecule has 0 spiro atoms. The Kier molecular flexibility index (Phi) is 7.96. The standard InChI is InChI=1S/C27H31ClN4O4/c1-4-36-26(34)23-22(30(3)27(35)29-24(23)19-10-6-5-9-18(19)2)17-31-13-15-32(16-14-31)25(33)20-11-7-8-12-21(20)28/h5-12,24H,4,13-17H2,1-3H3,(H,29,35)/t24-/m0/s1. The first-order chi connectivity index (χ1) is 17.3. The number of urea groups is 1. The Morgan fingerprint density at radius 3 is 2.39 bits per heavy atom. The van der Waals surface area contributed by atoms with E-state index in [4.69, 9.17) is 16.3 Å². The summed E-state index contributed by atoms with van der Waals surface area (Å²) >= 11 is 6.22. The SMILES string of the molecule is CCOC(=O)C1=C(CN2CCN(C(=O)c3ccccc3Cl)CC2)N(C)C(=O)N[C@H]1c1ccccc1C. The Morgan fingerprint density at radius 1 is 1.06 bits per heavy atom. The van der Waals surface area contributed by atoms with Crippen LogP contribution in [-0.2, 0) is 9.53 Å². The normalized spacial score (nSPS) is 18.8. The van der Waals surface area contributed by atoms with Crippen LogP contribution in [0.4, 0.5) is 4.79 Å². The lowest BCUT2D eigenvalue weighted by molar-refractivity contribution is -0.139. The van der Waals surface area contributed by atoms with Gasteiger partial charge in [0, 0.05) is 45.5 Å². The lowest BCUT2D eigenvalue weighted by atomic mass is 9.91. The molecule has 4 rings (SSSR count). The lowest BCUT2D eigenvalue weighted by Crippen LogP contribution is -2.53. The zero-order valence-corrected chi connectivity index (χ0v) is 21.5. The number of rotatable bonds is 6. The maximum Gasteiger partial charge on any atom is 0.338 e. The molecule has 2 aliphatic heterocycles. The van der Waals surface area contributed by atoms with Crippen molar-refractivity contribution in [2.75, 3.05) is 46.4 Å². The minimum absolute atomic E-state index is 0.0968. The summed E-state index contributed by atoms with van der Waals surface area (Å²) in [5.41, 5.74) is 3.36. The second kappa shape index (κ2) is 11.1. The van der Waals surface area contributed by atoms with Crippen molar-refractivity contribution in [2.24, 2.45) is 0 Å². The summed E-state index contributed by atoms with van der Waals surface area (Å²) in [6, 6.07) is 13.8. The summed E-state index contributed by atoms with van der Waals surface area (Å²) in [4.78, 5) is 44.5. The molecule has 2 heterocycles. The van der Waals surface area contributed by atoms with E-state index in [1.807, 2.05) is 31.2 Å². The molecule has 0 radical (unpaired) electrons. The van der Waals surface area contributed by atoms with Gasteiger partial charge < -0.3 is 15.0 Å². The van der Waals surface area contributed by atoms with Crippen molar-refractivity contribution in [3.05, 3.63) is 81.5 Å². The number of benzene rings is 2. The molecule has 8 nitrogen and oxygen atoms in total. The summed E-state index contributed by atoms with van der Waals surface area (Å²) < 4.78 is 5.43. The fourth-order valence-corrected chi connectivity index (χ4v) is 4.88. The number of amides is 3. The fraction of sp³-hybridized carbons (Fsp3) is 0.370. The third-order valence-corrected chi connectivity index (χ3v) is 7.04. The number of nitrogens with zero attached hydrogens (tertiary/aromatic N) is 3. The van der Waals surface area contributed by atoms with Crippen LogP contribution in [0, 0.1) is 6.92 Å². The monoisotopic (exact) mass is 510 g/mol. The van der Waals surface area contributed by atoms with Gasteiger partial charge in [-0.25, -0.2) is 9.59 Å². The van der Waals surface area contributed by atoms with Gasteiger partial charge in [-0.3, -0.25) is 14.6 Å². The molecule has 0 saturated carbocycles. The average molecular weight is 511 g/mol. The van der Waals surface area contributed by atoms with E-state index < -0.39 is 12.0 Å². The van der Waals surface area contributed by atoms with Crippen LogP contribution >= 0.6 is 11.6 Å². The van der Waals surface area contributed by atoms with Crippen LogP contribution in [0.1, 0.15) is 34.5 Å². The molecule has 2 aromatic rings. The summed E-state index contributed by atoms with van der Waals surface area (Å²) in [6.07, 6.45) is 0. The number of aryl methyl sites for hydroxylation is 1. The van der Waals surface area contributed by atoms with Crippen LogP contribution in [0.25, 0.3) is 0 Å². The number of halogens is 1. The Hall–Kier alpha value is -3.36. The van der Waals surface area contributed by atoms with Crippen LogP contribution in [0.2, 0.25) is 5.02 Å². The Bertz CT molecular complexity index is 1190. The third-order valence-electron chi connectivity index (χ3n) is 6.71. The molecular formula is C27H31ClN4O4. The van der Waals surface area contributed by atoms with Gasteiger partial charge in [0.15, 0.2) is 0 Å². The maximum absolute atomic E-state index is 13.2. The molecule has 1 N–H and O–H groups in total. The number of hydrogen-bond acceptors (Lipinski definition) is 5. The van der Waals surface area contributed by atoms with Crippen molar-refractivity contribution in [3.8, 4) is 0 Å². The van der Waals surface area contributed by atoms with Gasteiger partial charge in [0.1, 0.15) is 0 Å². The summed E-state index contributed by atoms with van der Waals surface area (Å²) in [7, 11) is 1.66. The van der Waals surface area contributed by atoms with Gasteiger partial charge in [-0.1, -0.05) is 48.0 Å². The molecule has 0 aliphatic carbocycles. The molecule has 2 aromatic carbocycles. The second-order valence-electron chi connectivity index (χ2n) is 8.93. The number of piperazine rings is 1. The maximum atomic E-state index is 13.2. The third kappa shape index (κ3) is 5.24. The first-order valence-electron chi connectivity index (χ1n) is 12.1. The van der Waals surface area contributed by atoms with Gasteiger partial charge in [-0.05, 0) is 37.1 Å². The van der Waals surface area contributed by atoms with Crippen LogP contribution < -0.4 is 5.32 Å². The quantitative estimate of drug-likeness (QED) is 0.600. The first kappa shape index (κ1) is 25.7. The molecule has 0 unspecified atom stereocenters. The molecule has 1 saturated heterocycles. The van der Waals surface area contributed by atoms with E-state index in [0.717, 1.165) is 11.1 Å². The van der Waals surface area contributed by atoms with Gasteiger partial charge in [0.25, 0.3) is 5.91 Å². The van der Waals surface area contributed by atoms with E-state index in [0.29, 0.717) is 54.6 Å². The number of hydrogen-bond donors (Lipinski definition) is 1. The zero-order valence-electron chi connectivity index (χ0n) is 20.8. The number of esters is 1. The molecule has 190 valence electrons. The zero-order chi connectivity index (χ0) is 25.8. The second-order valence-corrected chi connectivity index (χ2v) is 9.33. The summed E-state index contributed by atoms with van der Waals surface area (Å²) in [5.74, 6) is -0.541. The van der Waals surface area contributed by atoms with E-state index in [-0.39, 0.29) is 18.5 Å². The van der Waals surface area contributed by atoms with Crippen molar-refractivity contribution in [3.63, 3.8) is 0 Å². The highest BCUT2D eigenvalue weighted by Crippen LogP contribution is 2.33. The van der Waals surface area contributed by atoms with E-state index in [9.17, 15) is 14.4 Å². The van der Waals surface area contributed by atoms with E-state index in [1.165, 1.54) is 4.90 Å². The molecular weight excluding hydrogens is 480 g/mol. The highest BCUT2D eigenvalue weighted by Gasteiger charge is 2.38. The average Bonchev–Trinajstić information content (AvgIpc) is 2.87. The van der Waals surface area contributed by atoms with Gasteiger partial charge in [-0.15, -0.1) is 0 Å². The molecule has 1 atom stereocenters. The minimum Gasteiger partial charge on any atom is -0.463 e. The van der Waals surface area contributed by atoms with Crippen molar-refractivity contribution >= 4 is 29.5 Å². The largest absolute Gasteiger partial charge is 0.463 e. The minimum atomic E-state index is -0.605. The number of nitrogens with one attached hydrogen (secondary N) is 1. The number of carbonyl (C=O) groups excluding carboxylic acids is 3. The molecule has 2 aliphatic rings. The van der Waals surface area contributed by atoms with Gasteiger partial charge in [0.2, 0.25) is 0 Å². The Morgan fingerprint density at radius 2 is 1.72 bits per heavy atom. The number of ether oxygens (including phenoxy) is 1. The van der Waals surface area contributed by atoms with Crippen molar-refractivity contribution < 1.29 is 19.1 Å². The van der Waals surface area contributed by atoms with E-state index in [2.05, 4.69) is 10.2 Å². The van der Waals surface area contributed by atoms with E-state index >= 15 is 0 Å². The van der Waals surface area contributed by atoms with Crippen molar-refractivity contribution in [2.45, 2.75) is 19.9 Å². The highest BCUT2D eigenvalue weighted by molar-refractivity contribution is 6.33. The van der Waals surface area contributed by atoms with Gasteiger partial charge in [-0.2, -0.15) is 0 Å². The lowest BCUT2D eigenvalue weighted by Gasteiger charge is -2.39. The fourth-order valence-electron chi connectivity index (χ4n) is 4.67. The summed E-state index contributed by atoms with van der Waals surface area (Å²) in [6.45, 7) is 6.57. The molecule has 3 amide bonds. The molecule has 0 bridgehead atoms. The van der Waals surface area contributed by atoms with Gasteiger partial charge in [0.05, 0.1) is 28.8 Å². The van der Waals surface area contributed by atoms with Crippen molar-refractivity contribution in [1.82, 2.24) is 20.0 Å². The van der Waals surface area contributed by atoms with Crippen LogP contribution in [0.3, 0.4) is 0 Å². The van der Waals surface area contributed by atoms with Crippen LogP contribution in [-0.4, -0.2) is 79.0 Å². The topological polar surface area (TPSA) is 82.2 Å². The Labute approximate surface area is 216 Å². The summed E-state index contributed by atoms with van der Waals surface area (Å²) in [5, 5.41) is 3.41. The number of carbonyl (C=O) groups is 3. The predicted molar refractivity (Wildman–Crippen MR) is 138 cm³/mol. The molecule has 1 fully saturated rings. The first-order valence-corrected chi connectivity index (χ1v) is 12.5. The Balaban J connectivity index is 1.58. The van der Waals surface area contributed by atoms with E-state index in [1.54, 1.807) is 43.1 Å². The van der Waals surface area contributed by atoms with Crippen LogP contribution in [0.5, 0.6) is 0 Å². The van der Waals surface area contributed by atoms with Crippen LogP contribution in [0.15, 0.2) is 59.8 Å². The molecule has 0 aromatic heterocycles. The predicted octanol–water partition coefficient (Wildman–Crippen LogP) is 3.62.